The Morgan fingerprint density at radius 3 is 1.90 bits per heavy atom. The third-order valence-electron chi connectivity index (χ3n) is 5.79. The summed E-state index contributed by atoms with van der Waals surface area (Å²) in [4.78, 5) is 3.67. The summed E-state index contributed by atoms with van der Waals surface area (Å²) in [5, 5.41) is 9.54. The van der Waals surface area contributed by atoms with Gasteiger partial charge >= 0.3 is 0 Å². The van der Waals surface area contributed by atoms with E-state index >= 15 is 0 Å². The lowest BCUT2D eigenvalue weighted by Crippen LogP contribution is -2.28. The van der Waals surface area contributed by atoms with Crippen LogP contribution in [0.4, 0.5) is 5.69 Å². The molecule has 4 aromatic rings. The zero-order valence-corrected chi connectivity index (χ0v) is 15.6. The lowest BCUT2D eigenvalue weighted by atomic mass is 9.67. The molecule has 1 aliphatic carbocycles. The van der Waals surface area contributed by atoms with Crippen molar-refractivity contribution in [2.45, 2.75) is 5.41 Å². The predicted molar refractivity (Wildman–Crippen MR) is 115 cm³/mol. The third kappa shape index (κ3) is 2.34. The van der Waals surface area contributed by atoms with E-state index in [-0.39, 0.29) is 0 Å². The van der Waals surface area contributed by atoms with Gasteiger partial charge in [0.1, 0.15) is 0 Å². The summed E-state index contributed by atoms with van der Waals surface area (Å²) in [5.74, 6) is 0. The summed E-state index contributed by atoms with van der Waals surface area (Å²) in [6, 6.07) is 34.9. The molecule has 0 fully saturated rings. The normalized spacial score (nSPS) is 13.0. The minimum absolute atomic E-state index is 0.569. The fourth-order valence-corrected chi connectivity index (χ4v) is 4.65. The molecule has 0 N–H and O–H groups in total. The van der Waals surface area contributed by atoms with Gasteiger partial charge in [0.15, 0.2) is 5.69 Å². The van der Waals surface area contributed by atoms with E-state index in [0.29, 0.717) is 11.3 Å². The molecule has 29 heavy (non-hydrogen) atoms. The minimum atomic E-state index is -0.569. The highest BCUT2D eigenvalue weighted by atomic mass is 14.6. The van der Waals surface area contributed by atoms with Crippen LogP contribution in [-0.4, -0.2) is 0 Å². The number of rotatable bonds is 2. The maximum absolute atomic E-state index is 9.54. The smallest absolute Gasteiger partial charge is 0.187 e. The monoisotopic (exact) mass is 368 g/mol. The van der Waals surface area contributed by atoms with Crippen molar-refractivity contribution < 1.29 is 0 Å². The van der Waals surface area contributed by atoms with Crippen LogP contribution in [0.2, 0.25) is 0 Å². The van der Waals surface area contributed by atoms with Gasteiger partial charge in [-0.3, -0.25) is 0 Å². The first-order valence-corrected chi connectivity index (χ1v) is 9.47. The van der Waals surface area contributed by atoms with Crippen molar-refractivity contribution in [3.05, 3.63) is 136 Å². The van der Waals surface area contributed by atoms with E-state index in [9.17, 15) is 5.26 Å². The largest absolute Gasteiger partial charge is 0.238 e. The van der Waals surface area contributed by atoms with E-state index in [2.05, 4.69) is 71.6 Å². The molecular weight excluding hydrogens is 352 g/mol. The van der Waals surface area contributed by atoms with Gasteiger partial charge in [0.05, 0.1) is 23.6 Å². The van der Waals surface area contributed by atoms with Gasteiger partial charge in [-0.1, -0.05) is 84.9 Å². The van der Waals surface area contributed by atoms with Gasteiger partial charge in [0.25, 0.3) is 0 Å². The van der Waals surface area contributed by atoms with E-state index < -0.39 is 5.41 Å². The molecule has 4 aromatic carbocycles. The molecule has 5 rings (SSSR count). The van der Waals surface area contributed by atoms with Crippen molar-refractivity contribution in [1.29, 1.82) is 5.26 Å². The number of nitriles is 1. The van der Waals surface area contributed by atoms with E-state index in [1.807, 2.05) is 36.4 Å². The van der Waals surface area contributed by atoms with Gasteiger partial charge in [0.2, 0.25) is 0 Å². The molecule has 134 valence electrons. The van der Waals surface area contributed by atoms with Gasteiger partial charge in [-0.05, 0) is 45.5 Å². The molecule has 0 aromatic heterocycles. The van der Waals surface area contributed by atoms with Gasteiger partial charge in [-0.15, -0.1) is 0 Å². The van der Waals surface area contributed by atoms with Crippen LogP contribution in [0.5, 0.6) is 0 Å². The molecule has 0 unspecified atom stereocenters. The highest BCUT2D eigenvalue weighted by Crippen LogP contribution is 2.56. The summed E-state index contributed by atoms with van der Waals surface area (Å²) < 4.78 is 0. The molecule has 0 spiro atoms. The minimum Gasteiger partial charge on any atom is -0.238 e. The van der Waals surface area contributed by atoms with Crippen molar-refractivity contribution in [1.82, 2.24) is 0 Å². The zero-order chi connectivity index (χ0) is 19.8. The maximum Gasteiger partial charge on any atom is 0.187 e. The standard InChI is InChI=1S/C27H16N2/c1-29-22-11-7-10-21(17-22)27(20-9-6-8-19(16-20)18-28)25-14-4-2-12-23(25)24-13-3-5-15-26(24)27/h2-17H. The quantitative estimate of drug-likeness (QED) is 0.328. The first kappa shape index (κ1) is 17.0. The summed E-state index contributed by atoms with van der Waals surface area (Å²) in [5.41, 5.74) is 7.50. The van der Waals surface area contributed by atoms with E-state index in [0.717, 1.165) is 11.1 Å². The molecule has 0 amide bonds. The summed E-state index contributed by atoms with van der Waals surface area (Å²) in [6.45, 7) is 7.52. The Hall–Kier alpha value is -4.14. The average Bonchev–Trinajstić information content (AvgIpc) is 3.10. The highest BCUT2D eigenvalue weighted by Gasteiger charge is 2.45. The SMILES string of the molecule is [C-]#[N+]c1cccc(C2(c3cccc(C#N)c3)c3ccccc3-c3ccccc32)c1. The van der Waals surface area contributed by atoms with Crippen molar-refractivity contribution >= 4 is 5.69 Å². The first-order valence-electron chi connectivity index (χ1n) is 9.47. The van der Waals surface area contributed by atoms with E-state index in [1.165, 1.54) is 22.3 Å². The van der Waals surface area contributed by atoms with Crippen molar-refractivity contribution in [2.75, 3.05) is 0 Å². The number of hydrogen-bond donors (Lipinski definition) is 0. The topological polar surface area (TPSA) is 28.1 Å². The van der Waals surface area contributed by atoms with Crippen molar-refractivity contribution in [3.8, 4) is 17.2 Å². The lowest BCUT2D eigenvalue weighted by Gasteiger charge is -2.34. The van der Waals surface area contributed by atoms with Gasteiger partial charge < -0.3 is 0 Å². The van der Waals surface area contributed by atoms with Gasteiger partial charge in [0, 0.05) is 0 Å². The summed E-state index contributed by atoms with van der Waals surface area (Å²) >= 11 is 0. The lowest BCUT2D eigenvalue weighted by molar-refractivity contribution is 0.768. The average molecular weight is 368 g/mol. The Labute approximate surface area is 170 Å². The predicted octanol–water partition coefficient (Wildman–Crippen LogP) is 6.47. The fourth-order valence-electron chi connectivity index (χ4n) is 4.65. The number of fused-ring (bicyclic) bond motifs is 3. The number of hydrogen-bond acceptors (Lipinski definition) is 1. The molecule has 0 saturated carbocycles. The van der Waals surface area contributed by atoms with Crippen LogP contribution >= 0.6 is 0 Å². The van der Waals surface area contributed by atoms with E-state index in [1.54, 1.807) is 0 Å². The summed E-state index contributed by atoms with van der Waals surface area (Å²) in [7, 11) is 0. The maximum atomic E-state index is 9.54. The molecule has 2 heteroatoms. The van der Waals surface area contributed by atoms with Gasteiger partial charge in [-0.25, -0.2) is 4.85 Å². The molecule has 1 aliphatic rings. The van der Waals surface area contributed by atoms with Crippen LogP contribution in [0.3, 0.4) is 0 Å². The van der Waals surface area contributed by atoms with E-state index in [4.69, 9.17) is 6.57 Å². The van der Waals surface area contributed by atoms with Crippen molar-refractivity contribution in [2.24, 2.45) is 0 Å². The fraction of sp³-hybridized carbons (Fsp3) is 0.0370. The number of benzene rings is 4. The van der Waals surface area contributed by atoms with Crippen LogP contribution in [0.1, 0.15) is 27.8 Å². The van der Waals surface area contributed by atoms with Crippen LogP contribution in [-0.2, 0) is 5.41 Å². The summed E-state index contributed by atoms with van der Waals surface area (Å²) in [6.07, 6.45) is 0. The molecular formula is C27H16N2. The molecule has 0 bridgehead atoms. The Morgan fingerprint density at radius 1 is 0.690 bits per heavy atom. The second kappa shape index (κ2) is 6.48. The Morgan fingerprint density at radius 2 is 1.28 bits per heavy atom. The molecule has 0 radical (unpaired) electrons. The van der Waals surface area contributed by atoms with Crippen LogP contribution in [0.25, 0.3) is 16.0 Å². The molecule has 0 heterocycles. The van der Waals surface area contributed by atoms with Crippen LogP contribution < -0.4 is 0 Å². The third-order valence-corrected chi connectivity index (χ3v) is 5.79. The molecule has 2 nitrogen and oxygen atoms in total. The van der Waals surface area contributed by atoms with Crippen LogP contribution in [0, 0.1) is 17.9 Å². The Bertz CT molecular complexity index is 1230. The Balaban J connectivity index is 1.98. The number of nitrogens with zero attached hydrogens (tertiary/aromatic N) is 2. The molecule has 0 aliphatic heterocycles. The van der Waals surface area contributed by atoms with Crippen molar-refractivity contribution in [3.63, 3.8) is 0 Å². The second-order valence-corrected chi connectivity index (χ2v) is 7.20. The molecule has 0 saturated heterocycles. The second-order valence-electron chi connectivity index (χ2n) is 7.20. The molecule has 0 atom stereocenters. The highest BCUT2D eigenvalue weighted by molar-refractivity contribution is 5.86. The van der Waals surface area contributed by atoms with Crippen LogP contribution in [0.15, 0.2) is 97.1 Å². The Kier molecular flexibility index (Phi) is 3.80. The zero-order valence-electron chi connectivity index (χ0n) is 15.6. The first-order chi connectivity index (χ1) is 14.3. The van der Waals surface area contributed by atoms with Gasteiger partial charge in [-0.2, -0.15) is 5.26 Å².